The molecule has 0 saturated carbocycles. The van der Waals surface area contributed by atoms with E-state index in [-0.39, 0.29) is 23.5 Å². The number of benzene rings is 1. The number of hydrogen-bond acceptors (Lipinski definition) is 5. The Morgan fingerprint density at radius 1 is 1.33 bits per heavy atom. The SMILES string of the molecule is Cc1nc(-c2c(Cl)cccc2Cl)sc1C(=O)N[C@@H]1CCS(=O)(=O)C1. The number of hydrogen-bond donors (Lipinski definition) is 1. The van der Waals surface area contributed by atoms with Crippen LogP contribution in [0.5, 0.6) is 0 Å². The Bertz CT molecular complexity index is 889. The number of aryl methyl sites for hydroxylation is 1. The van der Waals surface area contributed by atoms with Gasteiger partial charge in [0, 0.05) is 11.6 Å². The maximum Gasteiger partial charge on any atom is 0.263 e. The zero-order valence-electron chi connectivity index (χ0n) is 12.7. The van der Waals surface area contributed by atoms with E-state index in [1.54, 1.807) is 25.1 Å². The molecule has 5 nitrogen and oxygen atoms in total. The first-order valence-corrected chi connectivity index (χ1v) is 10.6. The van der Waals surface area contributed by atoms with Crippen molar-refractivity contribution in [2.75, 3.05) is 11.5 Å². The minimum absolute atomic E-state index is 0.0141. The fraction of sp³-hybridized carbons (Fsp3) is 0.333. The summed E-state index contributed by atoms with van der Waals surface area (Å²) >= 11 is 13.6. The number of nitrogens with zero attached hydrogens (tertiary/aromatic N) is 1. The van der Waals surface area contributed by atoms with Crippen molar-refractivity contribution in [1.29, 1.82) is 0 Å². The van der Waals surface area contributed by atoms with Gasteiger partial charge in [0.15, 0.2) is 9.84 Å². The number of thiazole rings is 1. The first-order valence-electron chi connectivity index (χ1n) is 7.20. The number of carbonyl (C=O) groups is 1. The molecule has 2 aromatic rings. The van der Waals surface area contributed by atoms with Crippen LogP contribution in [0.15, 0.2) is 18.2 Å². The highest BCUT2D eigenvalue weighted by atomic mass is 35.5. The topological polar surface area (TPSA) is 76.1 Å². The van der Waals surface area contributed by atoms with Crippen molar-refractivity contribution in [1.82, 2.24) is 10.3 Å². The highest BCUT2D eigenvalue weighted by Gasteiger charge is 2.30. The van der Waals surface area contributed by atoms with E-state index in [0.717, 1.165) is 0 Å². The lowest BCUT2D eigenvalue weighted by molar-refractivity contribution is 0.0944. The zero-order chi connectivity index (χ0) is 17.5. The van der Waals surface area contributed by atoms with Crippen LogP contribution in [-0.4, -0.2) is 36.9 Å². The molecule has 0 spiro atoms. The van der Waals surface area contributed by atoms with Gasteiger partial charge in [0.25, 0.3) is 5.91 Å². The molecule has 9 heteroatoms. The van der Waals surface area contributed by atoms with Crippen molar-refractivity contribution in [2.45, 2.75) is 19.4 Å². The zero-order valence-corrected chi connectivity index (χ0v) is 15.8. The van der Waals surface area contributed by atoms with Crippen LogP contribution in [0.1, 0.15) is 21.8 Å². The summed E-state index contributed by atoms with van der Waals surface area (Å²) in [5.74, 6) is -0.221. The van der Waals surface area contributed by atoms with Crippen molar-refractivity contribution in [3.63, 3.8) is 0 Å². The standard InChI is InChI=1S/C15H14Cl2N2O3S2/c1-8-13(14(20)19-9-5-6-24(21,22)7-9)23-15(18-8)12-10(16)3-2-4-11(12)17/h2-4,9H,5-7H2,1H3,(H,19,20)/t9-/m1/s1. The summed E-state index contributed by atoms with van der Waals surface area (Å²) in [7, 11) is -3.04. The van der Waals surface area contributed by atoms with Gasteiger partial charge in [-0.15, -0.1) is 11.3 Å². The quantitative estimate of drug-likeness (QED) is 0.850. The molecule has 128 valence electrons. The highest BCUT2D eigenvalue weighted by Crippen LogP contribution is 2.37. The Kier molecular flexibility index (Phi) is 4.88. The summed E-state index contributed by atoms with van der Waals surface area (Å²) in [5.41, 5.74) is 1.15. The van der Waals surface area contributed by atoms with Crippen LogP contribution in [0.4, 0.5) is 0 Å². The molecule has 1 amide bonds. The number of nitrogens with one attached hydrogen (secondary N) is 1. The van der Waals surface area contributed by atoms with Gasteiger partial charge in [-0.25, -0.2) is 13.4 Å². The minimum Gasteiger partial charge on any atom is -0.347 e. The Morgan fingerprint density at radius 2 is 2.00 bits per heavy atom. The Balaban J connectivity index is 1.85. The van der Waals surface area contributed by atoms with Crippen molar-refractivity contribution in [3.05, 3.63) is 38.8 Å². The Morgan fingerprint density at radius 3 is 2.58 bits per heavy atom. The van der Waals surface area contributed by atoms with Gasteiger partial charge in [0.05, 0.1) is 27.2 Å². The number of amides is 1. The highest BCUT2D eigenvalue weighted by molar-refractivity contribution is 7.91. The summed E-state index contributed by atoms with van der Waals surface area (Å²) in [5, 5.41) is 4.26. The van der Waals surface area contributed by atoms with Gasteiger partial charge < -0.3 is 5.32 Å². The molecule has 0 aliphatic carbocycles. The second-order valence-electron chi connectivity index (χ2n) is 5.60. The molecule has 0 radical (unpaired) electrons. The third kappa shape index (κ3) is 3.59. The minimum atomic E-state index is -3.04. The van der Waals surface area contributed by atoms with Gasteiger partial charge >= 0.3 is 0 Å². The lowest BCUT2D eigenvalue weighted by atomic mass is 10.2. The van der Waals surface area contributed by atoms with Crippen LogP contribution in [0.3, 0.4) is 0 Å². The Hall–Kier alpha value is -1.15. The molecule has 1 fully saturated rings. The predicted octanol–water partition coefficient (Wildman–Crippen LogP) is 3.34. The van der Waals surface area contributed by atoms with Crippen molar-refractivity contribution >= 4 is 50.3 Å². The van der Waals surface area contributed by atoms with Crippen molar-refractivity contribution in [3.8, 4) is 10.6 Å². The first kappa shape index (κ1) is 17.7. The molecule has 1 aliphatic rings. The average Bonchev–Trinajstić information content (AvgIpc) is 3.01. The number of rotatable bonds is 3. The molecule has 24 heavy (non-hydrogen) atoms. The van der Waals surface area contributed by atoms with Gasteiger partial charge in [-0.05, 0) is 25.5 Å². The largest absolute Gasteiger partial charge is 0.347 e. The van der Waals surface area contributed by atoms with Crippen LogP contribution < -0.4 is 5.32 Å². The van der Waals surface area contributed by atoms with E-state index >= 15 is 0 Å². The van der Waals surface area contributed by atoms with Crippen molar-refractivity contribution in [2.24, 2.45) is 0 Å². The van der Waals surface area contributed by atoms with E-state index in [4.69, 9.17) is 23.2 Å². The lowest BCUT2D eigenvalue weighted by Crippen LogP contribution is -2.35. The van der Waals surface area contributed by atoms with Crippen LogP contribution >= 0.6 is 34.5 Å². The molecule has 1 aromatic heterocycles. The lowest BCUT2D eigenvalue weighted by Gasteiger charge is -2.09. The normalized spacial score (nSPS) is 19.4. The summed E-state index contributed by atoms with van der Waals surface area (Å²) in [6.45, 7) is 1.73. The summed E-state index contributed by atoms with van der Waals surface area (Å²) in [4.78, 5) is 17.3. The fourth-order valence-electron chi connectivity index (χ4n) is 2.58. The molecular weight excluding hydrogens is 391 g/mol. The molecule has 1 aromatic carbocycles. The molecule has 2 heterocycles. The van der Waals surface area contributed by atoms with E-state index in [9.17, 15) is 13.2 Å². The summed E-state index contributed by atoms with van der Waals surface area (Å²) in [6.07, 6.45) is 0.440. The number of halogens is 2. The fourth-order valence-corrected chi connectivity index (χ4v) is 5.98. The maximum absolute atomic E-state index is 12.4. The van der Waals surface area contributed by atoms with E-state index < -0.39 is 9.84 Å². The van der Waals surface area contributed by atoms with E-state index in [1.165, 1.54) is 11.3 Å². The van der Waals surface area contributed by atoms with Gasteiger partial charge in [0.2, 0.25) is 0 Å². The predicted molar refractivity (Wildman–Crippen MR) is 96.8 cm³/mol. The van der Waals surface area contributed by atoms with Crippen LogP contribution in [0, 0.1) is 6.92 Å². The second-order valence-corrected chi connectivity index (χ2v) is 9.65. The Labute approximate surface area is 153 Å². The maximum atomic E-state index is 12.4. The molecule has 1 atom stereocenters. The smallest absolute Gasteiger partial charge is 0.263 e. The van der Waals surface area contributed by atoms with Gasteiger partial charge in [-0.2, -0.15) is 0 Å². The first-order chi connectivity index (χ1) is 11.3. The number of carbonyl (C=O) groups excluding carboxylic acids is 1. The van der Waals surface area contributed by atoms with Crippen LogP contribution in [-0.2, 0) is 9.84 Å². The summed E-state index contributed by atoms with van der Waals surface area (Å²) < 4.78 is 23.0. The molecule has 0 bridgehead atoms. The molecular formula is C15H14Cl2N2O3S2. The second kappa shape index (κ2) is 6.63. The van der Waals surface area contributed by atoms with Gasteiger partial charge in [-0.3, -0.25) is 4.79 Å². The van der Waals surface area contributed by atoms with Crippen molar-refractivity contribution < 1.29 is 13.2 Å². The third-order valence-electron chi connectivity index (χ3n) is 3.75. The monoisotopic (exact) mass is 404 g/mol. The third-order valence-corrected chi connectivity index (χ3v) is 7.32. The average molecular weight is 405 g/mol. The van der Waals surface area contributed by atoms with Gasteiger partial charge in [-0.1, -0.05) is 29.3 Å². The molecule has 1 saturated heterocycles. The van der Waals surface area contributed by atoms with E-state index in [1.807, 2.05) is 0 Å². The van der Waals surface area contributed by atoms with E-state index in [0.29, 0.717) is 37.6 Å². The molecule has 1 aliphatic heterocycles. The number of sulfone groups is 1. The molecule has 0 unspecified atom stereocenters. The number of aromatic nitrogens is 1. The van der Waals surface area contributed by atoms with E-state index in [2.05, 4.69) is 10.3 Å². The molecule has 3 rings (SSSR count). The summed E-state index contributed by atoms with van der Waals surface area (Å²) in [6, 6.07) is 4.81. The van der Waals surface area contributed by atoms with Crippen LogP contribution in [0.25, 0.3) is 10.6 Å². The molecule has 1 N–H and O–H groups in total. The van der Waals surface area contributed by atoms with Crippen LogP contribution in [0.2, 0.25) is 10.0 Å². The van der Waals surface area contributed by atoms with Gasteiger partial charge in [0.1, 0.15) is 9.88 Å².